The fraction of sp³-hybridized carbons (Fsp3) is 0.524. The summed E-state index contributed by atoms with van der Waals surface area (Å²) in [7, 11) is 0. The molecule has 3 aliphatic rings. The molecule has 3 heterocycles. The first kappa shape index (κ1) is 15.3. The predicted molar refractivity (Wildman–Crippen MR) is 98.8 cm³/mol. The molecular weight excluding hydrogens is 310 g/mol. The molecule has 0 radical (unpaired) electrons. The minimum Gasteiger partial charge on any atom is -0.337 e. The van der Waals surface area contributed by atoms with Crippen molar-refractivity contribution in [1.82, 2.24) is 14.8 Å². The Hall–Kier alpha value is -1.94. The van der Waals surface area contributed by atoms with Gasteiger partial charge in [-0.25, -0.2) is 0 Å². The van der Waals surface area contributed by atoms with E-state index in [0.717, 1.165) is 41.7 Å². The van der Waals surface area contributed by atoms with Crippen molar-refractivity contribution in [3.63, 3.8) is 0 Å². The molecule has 1 atom stereocenters. The van der Waals surface area contributed by atoms with Crippen molar-refractivity contribution in [3.8, 4) is 0 Å². The van der Waals surface area contributed by atoms with E-state index in [9.17, 15) is 4.79 Å². The van der Waals surface area contributed by atoms with Crippen LogP contribution in [0.5, 0.6) is 0 Å². The molecule has 3 fully saturated rings. The summed E-state index contributed by atoms with van der Waals surface area (Å²) in [6.07, 6.45) is 6.15. The van der Waals surface area contributed by atoms with Crippen molar-refractivity contribution in [2.45, 2.75) is 44.1 Å². The van der Waals surface area contributed by atoms with Gasteiger partial charge in [-0.1, -0.05) is 18.2 Å². The number of rotatable bonds is 3. The van der Waals surface area contributed by atoms with Gasteiger partial charge in [0.05, 0.1) is 11.1 Å². The summed E-state index contributed by atoms with van der Waals surface area (Å²) in [6.45, 7) is 4.18. The van der Waals surface area contributed by atoms with Crippen molar-refractivity contribution in [2.24, 2.45) is 0 Å². The zero-order valence-electron chi connectivity index (χ0n) is 14.7. The van der Waals surface area contributed by atoms with Gasteiger partial charge in [-0.15, -0.1) is 0 Å². The maximum absolute atomic E-state index is 13.3. The van der Waals surface area contributed by atoms with Crippen LogP contribution in [-0.4, -0.2) is 52.9 Å². The van der Waals surface area contributed by atoms with Gasteiger partial charge < -0.3 is 4.90 Å². The average molecular weight is 335 g/mol. The summed E-state index contributed by atoms with van der Waals surface area (Å²) >= 11 is 0. The molecule has 1 amide bonds. The summed E-state index contributed by atoms with van der Waals surface area (Å²) in [4.78, 5) is 22.7. The molecule has 2 aromatic rings. The van der Waals surface area contributed by atoms with E-state index in [-0.39, 0.29) is 5.91 Å². The second-order valence-corrected chi connectivity index (χ2v) is 7.82. The van der Waals surface area contributed by atoms with Crippen molar-refractivity contribution in [3.05, 3.63) is 41.6 Å². The SMILES string of the molecule is O=C(c1cc(C2CC2)nc2ccccc12)N1CC[C@@H](N2CCCC2)C1. The Morgan fingerprint density at radius 1 is 1.04 bits per heavy atom. The predicted octanol–water partition coefficient (Wildman–Crippen LogP) is 3.42. The van der Waals surface area contributed by atoms with Crippen LogP contribution in [-0.2, 0) is 0 Å². The second kappa shape index (κ2) is 6.10. The quantitative estimate of drug-likeness (QED) is 0.862. The van der Waals surface area contributed by atoms with Crippen LogP contribution in [0.3, 0.4) is 0 Å². The van der Waals surface area contributed by atoms with Crippen LogP contribution in [0.2, 0.25) is 0 Å². The molecule has 130 valence electrons. The standard InChI is InChI=1S/C21H25N3O/c25-21(24-12-9-16(14-24)23-10-3-4-11-23)18-13-20(15-7-8-15)22-19-6-2-1-5-17(18)19/h1-2,5-6,13,15-16H,3-4,7-12,14H2/t16-/m1/s1. The summed E-state index contributed by atoms with van der Waals surface area (Å²) in [5.74, 6) is 0.759. The summed E-state index contributed by atoms with van der Waals surface area (Å²) in [5, 5.41) is 1.00. The molecule has 0 bridgehead atoms. The molecule has 2 saturated heterocycles. The first-order chi connectivity index (χ1) is 12.3. The van der Waals surface area contributed by atoms with Crippen molar-refractivity contribution in [2.75, 3.05) is 26.2 Å². The number of hydrogen-bond donors (Lipinski definition) is 0. The van der Waals surface area contributed by atoms with Gasteiger partial charge in [0.2, 0.25) is 0 Å². The number of carbonyl (C=O) groups is 1. The lowest BCUT2D eigenvalue weighted by atomic mass is 10.0. The van der Waals surface area contributed by atoms with Gasteiger partial charge in [0.25, 0.3) is 5.91 Å². The normalized spacial score (nSPS) is 24.3. The number of carbonyl (C=O) groups excluding carboxylic acids is 1. The number of aromatic nitrogens is 1. The second-order valence-electron chi connectivity index (χ2n) is 7.82. The van der Waals surface area contributed by atoms with Crippen LogP contribution in [0.25, 0.3) is 10.9 Å². The zero-order chi connectivity index (χ0) is 16.8. The lowest BCUT2D eigenvalue weighted by Gasteiger charge is -2.24. The third-order valence-corrected chi connectivity index (χ3v) is 6.07. The molecule has 1 aliphatic carbocycles. The Balaban J connectivity index is 1.45. The van der Waals surface area contributed by atoms with Gasteiger partial charge in [0.1, 0.15) is 0 Å². The van der Waals surface area contributed by atoms with Crippen LogP contribution in [0.4, 0.5) is 0 Å². The maximum Gasteiger partial charge on any atom is 0.254 e. The topological polar surface area (TPSA) is 36.4 Å². The molecule has 5 rings (SSSR count). The van der Waals surface area contributed by atoms with Crippen LogP contribution in [0.1, 0.15) is 54.1 Å². The monoisotopic (exact) mass is 335 g/mol. The van der Waals surface area contributed by atoms with Crippen LogP contribution in [0, 0.1) is 0 Å². The van der Waals surface area contributed by atoms with Crippen molar-refractivity contribution >= 4 is 16.8 Å². The highest BCUT2D eigenvalue weighted by Gasteiger charge is 2.33. The molecule has 0 N–H and O–H groups in total. The number of amides is 1. The molecular formula is C21H25N3O. The number of fused-ring (bicyclic) bond motifs is 1. The fourth-order valence-electron chi connectivity index (χ4n) is 4.46. The van der Waals surface area contributed by atoms with E-state index < -0.39 is 0 Å². The van der Waals surface area contributed by atoms with Gasteiger partial charge in [0, 0.05) is 36.1 Å². The fourth-order valence-corrected chi connectivity index (χ4v) is 4.46. The van der Waals surface area contributed by atoms with Crippen LogP contribution < -0.4 is 0 Å². The first-order valence-electron chi connectivity index (χ1n) is 9.72. The van der Waals surface area contributed by atoms with E-state index in [2.05, 4.69) is 15.9 Å². The van der Waals surface area contributed by atoms with Crippen LogP contribution >= 0.6 is 0 Å². The van der Waals surface area contributed by atoms with E-state index in [1.54, 1.807) is 0 Å². The van der Waals surface area contributed by atoms with Crippen molar-refractivity contribution in [1.29, 1.82) is 0 Å². The minimum atomic E-state index is 0.196. The van der Waals surface area contributed by atoms with Gasteiger partial charge in [0.15, 0.2) is 0 Å². The van der Waals surface area contributed by atoms with E-state index in [4.69, 9.17) is 4.98 Å². The molecule has 0 spiro atoms. The Morgan fingerprint density at radius 3 is 2.64 bits per heavy atom. The number of nitrogens with zero attached hydrogens (tertiary/aromatic N) is 3. The summed E-state index contributed by atoms with van der Waals surface area (Å²) in [5.41, 5.74) is 2.93. The largest absolute Gasteiger partial charge is 0.337 e. The highest BCUT2D eigenvalue weighted by molar-refractivity contribution is 6.06. The van der Waals surface area contributed by atoms with Crippen molar-refractivity contribution < 1.29 is 4.79 Å². The number of para-hydroxylation sites is 1. The Kier molecular flexibility index (Phi) is 3.74. The highest BCUT2D eigenvalue weighted by atomic mass is 16.2. The van der Waals surface area contributed by atoms with Gasteiger partial charge >= 0.3 is 0 Å². The van der Waals surface area contributed by atoms with Crippen LogP contribution in [0.15, 0.2) is 30.3 Å². The highest BCUT2D eigenvalue weighted by Crippen LogP contribution is 2.40. The molecule has 1 aromatic carbocycles. The lowest BCUT2D eigenvalue weighted by molar-refractivity contribution is 0.0782. The molecule has 4 nitrogen and oxygen atoms in total. The first-order valence-corrected chi connectivity index (χ1v) is 9.72. The molecule has 4 heteroatoms. The molecule has 0 unspecified atom stereocenters. The zero-order valence-corrected chi connectivity index (χ0v) is 14.7. The third kappa shape index (κ3) is 2.82. The Bertz CT molecular complexity index is 808. The number of likely N-dealkylation sites (tertiary alicyclic amines) is 2. The number of pyridine rings is 1. The number of hydrogen-bond acceptors (Lipinski definition) is 3. The Morgan fingerprint density at radius 2 is 1.84 bits per heavy atom. The minimum absolute atomic E-state index is 0.196. The molecule has 1 aromatic heterocycles. The smallest absolute Gasteiger partial charge is 0.254 e. The molecule has 2 aliphatic heterocycles. The van der Waals surface area contributed by atoms with Gasteiger partial charge in [-0.2, -0.15) is 0 Å². The third-order valence-electron chi connectivity index (χ3n) is 6.07. The maximum atomic E-state index is 13.3. The molecule has 1 saturated carbocycles. The van der Waals surface area contributed by atoms with E-state index in [0.29, 0.717) is 12.0 Å². The van der Waals surface area contributed by atoms with Gasteiger partial charge in [-0.3, -0.25) is 14.7 Å². The van der Waals surface area contributed by atoms with E-state index >= 15 is 0 Å². The summed E-state index contributed by atoms with van der Waals surface area (Å²) < 4.78 is 0. The lowest BCUT2D eigenvalue weighted by Crippen LogP contribution is -2.37. The number of benzene rings is 1. The molecule has 25 heavy (non-hydrogen) atoms. The van der Waals surface area contributed by atoms with E-state index in [1.165, 1.54) is 38.8 Å². The Labute approximate surface area is 148 Å². The average Bonchev–Trinajstić information content (AvgIpc) is 3.14. The van der Waals surface area contributed by atoms with E-state index in [1.807, 2.05) is 24.3 Å². The van der Waals surface area contributed by atoms with Gasteiger partial charge in [-0.05, 0) is 57.3 Å². The summed E-state index contributed by atoms with van der Waals surface area (Å²) in [6, 6.07) is 10.7.